The van der Waals surface area contributed by atoms with E-state index in [2.05, 4.69) is 16.0 Å². The van der Waals surface area contributed by atoms with E-state index in [1.165, 1.54) is 4.90 Å². The fourth-order valence-electron chi connectivity index (χ4n) is 5.85. The Morgan fingerprint density at radius 2 is 1.19 bits per heavy atom. The zero-order valence-corrected chi connectivity index (χ0v) is 32.5. The number of likely N-dealkylation sites (N-methyl/N-ethyl adjacent to an activating group) is 2. The SMILES string of the molecule is CCN(CCN(CCN(C)CC(c1ccc(NC(=O)CCC(=O)NCCNC(=O)C(N)Cc2ccccc2)cc1)N(CC(=O)O)CC(=O)O)CC(=O)O)CC(=O)O. The number of benzene rings is 2. The molecule has 2 unspecified atom stereocenters. The molecule has 0 saturated carbocycles. The summed E-state index contributed by atoms with van der Waals surface area (Å²) in [6, 6.07) is 14.3. The quantitative estimate of drug-likeness (QED) is 0.0479. The Kier molecular flexibility index (Phi) is 21.4. The Hall–Kier alpha value is -5.47. The number of aliphatic carboxylic acids is 4. The average molecular weight is 801 g/mol. The number of carbonyl (C=O) groups excluding carboxylic acids is 3. The van der Waals surface area contributed by atoms with Crippen molar-refractivity contribution in [2.75, 3.05) is 90.9 Å². The fraction of sp³-hybridized carbons (Fsp3) is 0.500. The van der Waals surface area contributed by atoms with Crippen LogP contribution >= 0.6 is 0 Å². The van der Waals surface area contributed by atoms with Crippen LogP contribution in [0.1, 0.15) is 36.9 Å². The smallest absolute Gasteiger partial charge is 0.317 e. The Labute approximate surface area is 331 Å². The van der Waals surface area contributed by atoms with Crippen LogP contribution in [0.2, 0.25) is 0 Å². The highest BCUT2D eigenvalue weighted by Crippen LogP contribution is 2.24. The molecule has 0 aliphatic rings. The lowest BCUT2D eigenvalue weighted by Crippen LogP contribution is -2.45. The highest BCUT2D eigenvalue weighted by Gasteiger charge is 2.27. The van der Waals surface area contributed by atoms with Crippen LogP contribution in [0.5, 0.6) is 0 Å². The molecule has 0 fully saturated rings. The van der Waals surface area contributed by atoms with E-state index in [1.54, 1.807) is 48.0 Å². The van der Waals surface area contributed by atoms with E-state index < -0.39 is 55.0 Å². The van der Waals surface area contributed by atoms with Gasteiger partial charge in [-0.05, 0) is 43.3 Å². The number of amides is 3. The molecule has 0 aromatic heterocycles. The maximum Gasteiger partial charge on any atom is 0.317 e. The molecule has 19 nitrogen and oxygen atoms in total. The summed E-state index contributed by atoms with van der Waals surface area (Å²) in [5.74, 6) is -5.70. The van der Waals surface area contributed by atoms with E-state index in [9.17, 15) is 48.9 Å². The number of carboxylic acid groups (broad SMARTS) is 4. The molecule has 0 heterocycles. The van der Waals surface area contributed by atoms with Gasteiger partial charge in [0, 0.05) is 70.4 Å². The number of hydrogen-bond acceptors (Lipinski definition) is 12. The van der Waals surface area contributed by atoms with Gasteiger partial charge in [-0.1, -0.05) is 49.4 Å². The Morgan fingerprint density at radius 1 is 0.667 bits per heavy atom. The molecule has 0 saturated heterocycles. The predicted molar refractivity (Wildman–Crippen MR) is 209 cm³/mol. The molecule has 314 valence electrons. The van der Waals surface area contributed by atoms with Gasteiger partial charge in [0.25, 0.3) is 0 Å². The second kappa shape index (κ2) is 25.6. The molecule has 2 aromatic rings. The number of nitrogens with one attached hydrogen (secondary N) is 3. The molecule has 0 radical (unpaired) electrons. The summed E-state index contributed by atoms with van der Waals surface area (Å²) >= 11 is 0. The summed E-state index contributed by atoms with van der Waals surface area (Å²) in [6.45, 7) is 2.33. The number of nitrogens with zero attached hydrogens (tertiary/aromatic N) is 4. The fourth-order valence-corrected chi connectivity index (χ4v) is 5.85. The first kappa shape index (κ1) is 47.7. The lowest BCUT2D eigenvalue weighted by Gasteiger charge is -2.34. The van der Waals surface area contributed by atoms with Crippen LogP contribution in [-0.4, -0.2) is 173 Å². The van der Waals surface area contributed by atoms with Gasteiger partial charge in [-0.2, -0.15) is 0 Å². The molecule has 3 amide bonds. The zero-order valence-electron chi connectivity index (χ0n) is 32.5. The van der Waals surface area contributed by atoms with Crippen molar-refractivity contribution >= 4 is 47.3 Å². The predicted octanol–water partition coefficient (Wildman–Crippen LogP) is -0.555. The summed E-state index contributed by atoms with van der Waals surface area (Å²) in [5.41, 5.74) is 7.84. The first-order chi connectivity index (χ1) is 27.1. The van der Waals surface area contributed by atoms with Crippen LogP contribution in [0.25, 0.3) is 0 Å². The van der Waals surface area contributed by atoms with Crippen LogP contribution in [0.15, 0.2) is 54.6 Å². The summed E-state index contributed by atoms with van der Waals surface area (Å²) in [7, 11) is 1.73. The largest absolute Gasteiger partial charge is 0.480 e. The zero-order chi connectivity index (χ0) is 42.3. The monoisotopic (exact) mass is 800 g/mol. The van der Waals surface area contributed by atoms with E-state index in [-0.39, 0.29) is 70.5 Å². The molecule has 57 heavy (non-hydrogen) atoms. The topological polar surface area (TPSA) is 275 Å². The Balaban J connectivity index is 1.97. The first-order valence-electron chi connectivity index (χ1n) is 18.5. The molecular formula is C38H56N8O11. The summed E-state index contributed by atoms with van der Waals surface area (Å²) in [5, 5.41) is 45.8. The lowest BCUT2D eigenvalue weighted by molar-refractivity contribution is -0.143. The molecule has 9 N–H and O–H groups in total. The summed E-state index contributed by atoms with van der Waals surface area (Å²) < 4.78 is 0. The van der Waals surface area contributed by atoms with Crippen molar-refractivity contribution in [2.24, 2.45) is 5.73 Å². The number of nitrogens with two attached hydrogens (primary N) is 1. The number of anilines is 1. The van der Waals surface area contributed by atoms with Crippen molar-refractivity contribution in [1.82, 2.24) is 30.2 Å². The van der Waals surface area contributed by atoms with E-state index in [1.807, 2.05) is 35.2 Å². The average Bonchev–Trinajstić information content (AvgIpc) is 3.14. The van der Waals surface area contributed by atoms with Gasteiger partial charge in [-0.3, -0.25) is 48.3 Å². The number of rotatable bonds is 29. The van der Waals surface area contributed by atoms with Gasteiger partial charge in [0.1, 0.15) is 0 Å². The summed E-state index contributed by atoms with van der Waals surface area (Å²) in [6.07, 6.45) is 0.135. The third kappa shape index (κ3) is 20.3. The number of carboxylic acids is 4. The van der Waals surface area contributed by atoms with Crippen LogP contribution in [0.3, 0.4) is 0 Å². The second-order valence-corrected chi connectivity index (χ2v) is 13.5. The molecule has 2 atom stereocenters. The lowest BCUT2D eigenvalue weighted by atomic mass is 10.0. The molecule has 0 aliphatic heterocycles. The maximum absolute atomic E-state index is 12.6. The van der Waals surface area contributed by atoms with Gasteiger partial charge in [-0.25, -0.2) is 0 Å². The third-order valence-corrected chi connectivity index (χ3v) is 8.84. The van der Waals surface area contributed by atoms with E-state index >= 15 is 0 Å². The second-order valence-electron chi connectivity index (χ2n) is 13.5. The van der Waals surface area contributed by atoms with Gasteiger partial charge in [0.15, 0.2) is 0 Å². The van der Waals surface area contributed by atoms with Crippen molar-refractivity contribution in [3.8, 4) is 0 Å². The number of hydrogen-bond donors (Lipinski definition) is 8. The van der Waals surface area contributed by atoms with Gasteiger partial charge in [0.2, 0.25) is 17.7 Å². The minimum Gasteiger partial charge on any atom is -0.480 e. The van der Waals surface area contributed by atoms with Crippen LogP contribution in [0.4, 0.5) is 5.69 Å². The Bertz CT molecular complexity index is 1600. The standard InChI is InChI=1S/C38H56N8O11/c1-3-44(23-34(49)50)19-20-45(24-35(51)52)18-17-43(2)22-31(46(25-36(53)54)26-37(55)56)28-9-11-29(12-10-28)42-33(48)14-13-32(47)40-15-16-41-38(57)30(39)21-27-7-5-4-6-8-27/h4-12,30-31H,3,13-26,39H2,1-2H3,(H,40,47)(H,41,57)(H,42,48)(H,49,50)(H,51,52)(H,53,54)(H,55,56). The molecule has 2 rings (SSSR count). The highest BCUT2D eigenvalue weighted by atomic mass is 16.4. The molecule has 0 bridgehead atoms. The van der Waals surface area contributed by atoms with Gasteiger partial charge in [-0.15, -0.1) is 0 Å². The van der Waals surface area contributed by atoms with Gasteiger partial charge in [0.05, 0.1) is 32.2 Å². The van der Waals surface area contributed by atoms with Crippen molar-refractivity contribution in [3.05, 3.63) is 65.7 Å². The third-order valence-electron chi connectivity index (χ3n) is 8.84. The molecule has 2 aromatic carbocycles. The van der Waals surface area contributed by atoms with Crippen molar-refractivity contribution in [3.63, 3.8) is 0 Å². The normalized spacial score (nSPS) is 12.3. The minimum atomic E-state index is -1.24. The summed E-state index contributed by atoms with van der Waals surface area (Å²) in [4.78, 5) is 89.9. The van der Waals surface area contributed by atoms with E-state index in [0.29, 0.717) is 37.3 Å². The first-order valence-corrected chi connectivity index (χ1v) is 18.5. The van der Waals surface area contributed by atoms with Crippen molar-refractivity contribution in [1.29, 1.82) is 0 Å². The molecule has 0 aliphatic carbocycles. The number of carbonyl (C=O) groups is 7. The highest BCUT2D eigenvalue weighted by molar-refractivity contribution is 5.93. The molecule has 19 heteroatoms. The van der Waals surface area contributed by atoms with Crippen LogP contribution in [0, 0.1) is 0 Å². The molecule has 0 spiro atoms. The van der Waals surface area contributed by atoms with Crippen molar-refractivity contribution in [2.45, 2.75) is 38.3 Å². The van der Waals surface area contributed by atoms with Crippen LogP contribution < -0.4 is 21.7 Å². The van der Waals surface area contributed by atoms with E-state index in [0.717, 1.165) is 5.56 Å². The van der Waals surface area contributed by atoms with E-state index in [4.69, 9.17) is 10.8 Å². The van der Waals surface area contributed by atoms with Gasteiger partial charge >= 0.3 is 23.9 Å². The minimum absolute atomic E-state index is 0.109. The Morgan fingerprint density at radius 3 is 1.77 bits per heavy atom. The van der Waals surface area contributed by atoms with Crippen LogP contribution in [-0.2, 0) is 40.0 Å². The molecular weight excluding hydrogens is 744 g/mol. The van der Waals surface area contributed by atoms with Gasteiger partial charge < -0.3 is 47.0 Å². The van der Waals surface area contributed by atoms with Crippen molar-refractivity contribution < 1.29 is 54.0 Å². The maximum atomic E-state index is 12.6.